The Morgan fingerprint density at radius 2 is 2.14 bits per heavy atom. The summed E-state index contributed by atoms with van der Waals surface area (Å²) in [5.74, 6) is 1.31. The number of allylic oxidation sites excluding steroid dienone is 2. The van der Waals surface area contributed by atoms with Crippen LogP contribution in [0.1, 0.15) is 70.9 Å². The summed E-state index contributed by atoms with van der Waals surface area (Å²) in [5.41, 5.74) is 3.42. The monoisotopic (exact) mass is 302 g/mol. The van der Waals surface area contributed by atoms with Crippen LogP contribution in [0, 0.1) is 0 Å². The van der Waals surface area contributed by atoms with E-state index >= 15 is 0 Å². The summed E-state index contributed by atoms with van der Waals surface area (Å²) in [4.78, 5) is 0. The third-order valence-corrected chi connectivity index (χ3v) is 4.55. The average Bonchev–Trinajstić information content (AvgIpc) is 2.44. The van der Waals surface area contributed by atoms with Crippen molar-refractivity contribution in [2.75, 3.05) is 0 Å². The van der Waals surface area contributed by atoms with E-state index in [2.05, 4.69) is 39.8 Å². The molecule has 1 aromatic rings. The molecule has 1 atom stereocenters. The maximum absolute atomic E-state index is 10.3. The molecule has 1 aromatic carbocycles. The minimum Gasteiger partial charge on any atom is -0.508 e. The zero-order valence-corrected chi connectivity index (χ0v) is 14.5. The van der Waals surface area contributed by atoms with Gasteiger partial charge in [0.1, 0.15) is 17.1 Å². The molecule has 122 valence electrons. The molecule has 0 amide bonds. The summed E-state index contributed by atoms with van der Waals surface area (Å²) in [6, 6.07) is 4.06. The minimum absolute atomic E-state index is 0.116. The number of phenolic OH excluding ortho intramolecular Hbond substituents is 1. The van der Waals surface area contributed by atoms with Crippen molar-refractivity contribution in [1.82, 2.24) is 0 Å². The summed E-state index contributed by atoms with van der Waals surface area (Å²) in [6.45, 7) is 8.66. The van der Waals surface area contributed by atoms with Gasteiger partial charge < -0.3 is 9.84 Å². The van der Waals surface area contributed by atoms with Crippen LogP contribution in [-0.4, -0.2) is 10.7 Å². The van der Waals surface area contributed by atoms with Crippen molar-refractivity contribution in [3.8, 4) is 11.5 Å². The molecule has 0 spiro atoms. The van der Waals surface area contributed by atoms with E-state index in [-0.39, 0.29) is 5.60 Å². The molecule has 2 heteroatoms. The van der Waals surface area contributed by atoms with Crippen molar-refractivity contribution >= 4 is 0 Å². The van der Waals surface area contributed by atoms with E-state index in [0.717, 1.165) is 49.8 Å². The fraction of sp³-hybridized carbons (Fsp3) is 0.600. The molecule has 0 unspecified atom stereocenters. The second-order valence-corrected chi connectivity index (χ2v) is 7.07. The summed E-state index contributed by atoms with van der Waals surface area (Å²) < 4.78 is 6.31. The molecule has 0 bridgehead atoms. The number of benzene rings is 1. The van der Waals surface area contributed by atoms with Crippen LogP contribution in [-0.2, 0) is 12.8 Å². The highest BCUT2D eigenvalue weighted by molar-refractivity contribution is 5.49. The number of phenols is 1. The lowest BCUT2D eigenvalue weighted by atomic mass is 9.87. The Bertz CT molecular complexity index is 541. The maximum atomic E-state index is 10.3. The summed E-state index contributed by atoms with van der Waals surface area (Å²) in [5, 5.41) is 10.3. The van der Waals surface area contributed by atoms with Crippen molar-refractivity contribution in [2.45, 2.75) is 78.2 Å². The first kappa shape index (κ1) is 16.9. The number of fused-ring (bicyclic) bond motifs is 1. The number of unbranched alkanes of at least 4 members (excludes halogenated alkanes) is 1. The molecule has 2 rings (SSSR count). The second kappa shape index (κ2) is 7.21. The third-order valence-electron chi connectivity index (χ3n) is 4.55. The van der Waals surface area contributed by atoms with E-state index < -0.39 is 0 Å². The lowest BCUT2D eigenvalue weighted by Crippen LogP contribution is -2.36. The van der Waals surface area contributed by atoms with E-state index in [4.69, 9.17) is 4.74 Å². The van der Waals surface area contributed by atoms with Gasteiger partial charge in [0.15, 0.2) is 0 Å². The highest BCUT2D eigenvalue weighted by atomic mass is 16.5. The first-order valence-electron chi connectivity index (χ1n) is 8.60. The smallest absolute Gasteiger partial charge is 0.127 e. The normalized spacial score (nSPS) is 20.2. The van der Waals surface area contributed by atoms with Crippen LogP contribution in [0.15, 0.2) is 23.8 Å². The predicted octanol–water partition coefficient (Wildman–Crippen LogP) is 5.56. The Kier molecular flexibility index (Phi) is 5.55. The van der Waals surface area contributed by atoms with Crippen LogP contribution >= 0.6 is 0 Å². The molecule has 0 aliphatic carbocycles. The predicted molar refractivity (Wildman–Crippen MR) is 92.7 cm³/mol. The first-order chi connectivity index (χ1) is 10.4. The molecule has 2 nitrogen and oxygen atoms in total. The molecular weight excluding hydrogens is 272 g/mol. The maximum Gasteiger partial charge on any atom is 0.127 e. The molecule has 1 aliphatic heterocycles. The fourth-order valence-electron chi connectivity index (χ4n) is 3.10. The van der Waals surface area contributed by atoms with Crippen molar-refractivity contribution in [3.05, 3.63) is 34.9 Å². The number of aromatic hydroxyl groups is 1. The molecule has 1 heterocycles. The summed E-state index contributed by atoms with van der Waals surface area (Å²) >= 11 is 0. The van der Waals surface area contributed by atoms with Crippen LogP contribution in [0.3, 0.4) is 0 Å². The van der Waals surface area contributed by atoms with E-state index in [0.29, 0.717) is 5.75 Å². The number of hydrogen-bond acceptors (Lipinski definition) is 2. The van der Waals surface area contributed by atoms with E-state index in [1.54, 1.807) is 0 Å². The lowest BCUT2D eigenvalue weighted by molar-refractivity contribution is 0.0563. The number of rotatable bonds is 6. The van der Waals surface area contributed by atoms with Crippen molar-refractivity contribution in [3.63, 3.8) is 0 Å². The van der Waals surface area contributed by atoms with Gasteiger partial charge in [-0.25, -0.2) is 0 Å². The van der Waals surface area contributed by atoms with Gasteiger partial charge >= 0.3 is 0 Å². The lowest BCUT2D eigenvalue weighted by Gasteiger charge is -2.36. The zero-order valence-electron chi connectivity index (χ0n) is 14.5. The Morgan fingerprint density at radius 3 is 2.82 bits per heavy atom. The highest BCUT2D eigenvalue weighted by Gasteiger charge is 2.32. The largest absolute Gasteiger partial charge is 0.508 e. The Balaban J connectivity index is 2.13. The molecule has 0 saturated heterocycles. The zero-order chi connectivity index (χ0) is 16.2. The van der Waals surface area contributed by atoms with Gasteiger partial charge in [0.2, 0.25) is 0 Å². The van der Waals surface area contributed by atoms with Crippen LogP contribution in [0.5, 0.6) is 11.5 Å². The van der Waals surface area contributed by atoms with Crippen LogP contribution < -0.4 is 4.74 Å². The molecule has 0 saturated carbocycles. The molecule has 0 radical (unpaired) electrons. The van der Waals surface area contributed by atoms with Crippen molar-refractivity contribution < 1.29 is 9.84 Å². The number of hydrogen-bond donors (Lipinski definition) is 1. The SMILES string of the molecule is CCCCc1cc(O)c2c(c1)O[C@](C)(CCC=C(C)C)CC2. The Morgan fingerprint density at radius 1 is 1.36 bits per heavy atom. The van der Waals surface area contributed by atoms with E-state index in [1.165, 1.54) is 17.6 Å². The molecule has 0 aromatic heterocycles. The van der Waals surface area contributed by atoms with Gasteiger partial charge in [0.05, 0.1) is 0 Å². The number of ether oxygens (including phenoxy) is 1. The van der Waals surface area contributed by atoms with Gasteiger partial charge in [-0.05, 0) is 77.0 Å². The van der Waals surface area contributed by atoms with Crippen LogP contribution in [0.2, 0.25) is 0 Å². The molecular formula is C20H30O2. The topological polar surface area (TPSA) is 29.5 Å². The second-order valence-electron chi connectivity index (χ2n) is 7.07. The molecule has 1 N–H and O–H groups in total. The highest BCUT2D eigenvalue weighted by Crippen LogP contribution is 2.41. The van der Waals surface area contributed by atoms with Gasteiger partial charge in [-0.3, -0.25) is 0 Å². The third kappa shape index (κ3) is 4.28. The van der Waals surface area contributed by atoms with Crippen LogP contribution in [0.25, 0.3) is 0 Å². The molecule has 1 aliphatic rings. The first-order valence-corrected chi connectivity index (χ1v) is 8.60. The average molecular weight is 302 g/mol. The molecule has 0 fully saturated rings. The van der Waals surface area contributed by atoms with E-state index in [9.17, 15) is 5.11 Å². The molecule has 22 heavy (non-hydrogen) atoms. The van der Waals surface area contributed by atoms with Gasteiger partial charge in [-0.2, -0.15) is 0 Å². The van der Waals surface area contributed by atoms with Crippen LogP contribution in [0.4, 0.5) is 0 Å². The Labute approximate surface area is 135 Å². The summed E-state index contributed by atoms with van der Waals surface area (Å²) in [6.07, 6.45) is 9.55. The van der Waals surface area contributed by atoms with E-state index in [1.807, 2.05) is 6.07 Å². The Hall–Kier alpha value is -1.44. The fourth-order valence-corrected chi connectivity index (χ4v) is 3.10. The standard InChI is InChI=1S/C20H30O2/c1-5-6-9-16-13-18(21)17-10-12-20(4,22-19(17)14-16)11-7-8-15(2)3/h8,13-14,21H,5-7,9-12H2,1-4H3/t20-/m1/s1. The van der Waals surface area contributed by atoms with Crippen molar-refractivity contribution in [2.24, 2.45) is 0 Å². The quantitative estimate of drug-likeness (QED) is 0.697. The number of aryl methyl sites for hydroxylation is 1. The van der Waals surface area contributed by atoms with Gasteiger partial charge in [0.25, 0.3) is 0 Å². The minimum atomic E-state index is -0.116. The van der Waals surface area contributed by atoms with Gasteiger partial charge in [0, 0.05) is 5.56 Å². The van der Waals surface area contributed by atoms with Crippen molar-refractivity contribution in [1.29, 1.82) is 0 Å². The summed E-state index contributed by atoms with van der Waals surface area (Å²) in [7, 11) is 0. The van der Waals surface area contributed by atoms with Gasteiger partial charge in [-0.1, -0.05) is 25.0 Å². The van der Waals surface area contributed by atoms with Gasteiger partial charge in [-0.15, -0.1) is 0 Å².